The van der Waals surface area contributed by atoms with Gasteiger partial charge in [-0.15, -0.1) is 4.98 Å². The molecule has 1 N–H and O–H groups in total. The van der Waals surface area contributed by atoms with Crippen molar-refractivity contribution < 1.29 is 9.47 Å². The molecule has 0 amide bonds. The molecule has 1 fully saturated rings. The Hall–Kier alpha value is -1.63. The molecule has 0 radical (unpaired) electrons. The number of aromatic nitrogens is 3. The maximum Gasteiger partial charge on any atom is 0.324 e. The van der Waals surface area contributed by atoms with Gasteiger partial charge in [0.1, 0.15) is 0 Å². The zero-order valence-corrected chi connectivity index (χ0v) is 12.4. The van der Waals surface area contributed by atoms with Crippen LogP contribution in [0.5, 0.6) is 12.0 Å². The van der Waals surface area contributed by atoms with Gasteiger partial charge in [-0.3, -0.25) is 0 Å². The Kier molecular flexibility index (Phi) is 5.34. The molecule has 0 aliphatic carbocycles. The van der Waals surface area contributed by atoms with Crippen LogP contribution in [0.4, 0.5) is 5.95 Å². The number of methoxy groups -OCH3 is 2. The Balaban J connectivity index is 1.99. The SMILES string of the molecule is CCNCC1CCN(c2nc(OC)nc(OC)n2)CC1. The van der Waals surface area contributed by atoms with Gasteiger partial charge >= 0.3 is 12.0 Å². The first-order valence-electron chi connectivity index (χ1n) is 7.06. The summed E-state index contributed by atoms with van der Waals surface area (Å²) < 4.78 is 10.2. The van der Waals surface area contributed by atoms with E-state index >= 15 is 0 Å². The molecule has 1 aromatic rings. The molecule has 0 spiro atoms. The summed E-state index contributed by atoms with van der Waals surface area (Å²) in [6.07, 6.45) is 2.28. The molecule has 0 saturated carbocycles. The zero-order valence-electron chi connectivity index (χ0n) is 12.4. The molecule has 0 unspecified atom stereocenters. The molecule has 0 atom stereocenters. The van der Waals surface area contributed by atoms with E-state index in [9.17, 15) is 0 Å². The number of rotatable bonds is 6. The van der Waals surface area contributed by atoms with Crippen LogP contribution in [0.3, 0.4) is 0 Å². The fourth-order valence-electron chi connectivity index (χ4n) is 2.34. The number of piperidine rings is 1. The molecular weight excluding hydrogens is 258 g/mol. The van der Waals surface area contributed by atoms with Crippen LogP contribution >= 0.6 is 0 Å². The first kappa shape index (κ1) is 14.8. The summed E-state index contributed by atoms with van der Waals surface area (Å²) in [4.78, 5) is 14.8. The van der Waals surface area contributed by atoms with E-state index in [1.165, 1.54) is 0 Å². The minimum atomic E-state index is 0.293. The highest BCUT2D eigenvalue weighted by Crippen LogP contribution is 2.22. The molecule has 2 rings (SSSR count). The lowest BCUT2D eigenvalue weighted by molar-refractivity contribution is 0.336. The minimum absolute atomic E-state index is 0.293. The monoisotopic (exact) mass is 281 g/mol. The fraction of sp³-hybridized carbons (Fsp3) is 0.769. The Morgan fingerprint density at radius 3 is 2.20 bits per heavy atom. The second-order valence-corrected chi connectivity index (χ2v) is 4.85. The van der Waals surface area contributed by atoms with E-state index in [4.69, 9.17) is 9.47 Å². The van der Waals surface area contributed by atoms with Crippen molar-refractivity contribution in [2.45, 2.75) is 19.8 Å². The number of ether oxygens (including phenoxy) is 2. The summed E-state index contributed by atoms with van der Waals surface area (Å²) >= 11 is 0. The van der Waals surface area contributed by atoms with E-state index in [1.807, 2.05) is 0 Å². The predicted octanol–water partition coefficient (Wildman–Crippen LogP) is 0.715. The summed E-state index contributed by atoms with van der Waals surface area (Å²) in [5.41, 5.74) is 0. The Labute approximate surface area is 119 Å². The van der Waals surface area contributed by atoms with Crippen molar-refractivity contribution in [3.8, 4) is 12.0 Å². The molecule has 112 valence electrons. The van der Waals surface area contributed by atoms with Gasteiger partial charge in [0.15, 0.2) is 0 Å². The summed E-state index contributed by atoms with van der Waals surface area (Å²) in [6.45, 7) is 6.16. The van der Waals surface area contributed by atoms with E-state index < -0.39 is 0 Å². The van der Waals surface area contributed by atoms with Crippen molar-refractivity contribution >= 4 is 5.95 Å². The van der Waals surface area contributed by atoms with Crippen molar-refractivity contribution in [1.82, 2.24) is 20.3 Å². The molecule has 1 saturated heterocycles. The van der Waals surface area contributed by atoms with Crippen LogP contribution < -0.4 is 19.7 Å². The van der Waals surface area contributed by atoms with Gasteiger partial charge in [0.25, 0.3) is 0 Å². The van der Waals surface area contributed by atoms with Crippen LogP contribution in [0.1, 0.15) is 19.8 Å². The molecule has 0 aromatic carbocycles. The van der Waals surface area contributed by atoms with E-state index in [0.717, 1.165) is 44.9 Å². The lowest BCUT2D eigenvalue weighted by Crippen LogP contribution is -2.38. The molecule has 7 nitrogen and oxygen atoms in total. The summed E-state index contributed by atoms with van der Waals surface area (Å²) in [5, 5.41) is 3.41. The standard InChI is InChI=1S/C13H23N5O2/c1-4-14-9-10-5-7-18(8-6-10)11-15-12(19-2)17-13(16-11)20-3/h10,14H,4-9H2,1-3H3. The van der Waals surface area contributed by atoms with Crippen molar-refractivity contribution in [3.63, 3.8) is 0 Å². The van der Waals surface area contributed by atoms with Crippen molar-refractivity contribution in [2.75, 3.05) is 45.3 Å². The first-order valence-corrected chi connectivity index (χ1v) is 7.06. The third-order valence-corrected chi connectivity index (χ3v) is 3.53. The van der Waals surface area contributed by atoms with Gasteiger partial charge in [-0.25, -0.2) is 0 Å². The molecule has 1 aliphatic heterocycles. The molecule has 7 heteroatoms. The topological polar surface area (TPSA) is 72.4 Å². The predicted molar refractivity (Wildman–Crippen MR) is 76.4 cm³/mol. The highest BCUT2D eigenvalue weighted by molar-refractivity contribution is 5.32. The zero-order chi connectivity index (χ0) is 14.4. The maximum absolute atomic E-state index is 5.08. The highest BCUT2D eigenvalue weighted by Gasteiger charge is 2.22. The Morgan fingerprint density at radius 1 is 1.10 bits per heavy atom. The number of nitrogens with zero attached hydrogens (tertiary/aromatic N) is 4. The van der Waals surface area contributed by atoms with Crippen molar-refractivity contribution in [3.05, 3.63) is 0 Å². The van der Waals surface area contributed by atoms with Crippen LogP contribution in [0.2, 0.25) is 0 Å². The van der Waals surface area contributed by atoms with Gasteiger partial charge < -0.3 is 19.7 Å². The van der Waals surface area contributed by atoms with Gasteiger partial charge in [-0.1, -0.05) is 6.92 Å². The number of nitrogens with one attached hydrogen (secondary N) is 1. The summed E-state index contributed by atoms with van der Waals surface area (Å²) in [7, 11) is 3.09. The van der Waals surface area contributed by atoms with Gasteiger partial charge in [-0.2, -0.15) is 9.97 Å². The fourth-order valence-corrected chi connectivity index (χ4v) is 2.34. The average Bonchev–Trinajstić information content (AvgIpc) is 2.52. The van der Waals surface area contributed by atoms with Crippen LogP contribution in [0.15, 0.2) is 0 Å². The third kappa shape index (κ3) is 3.69. The molecule has 0 bridgehead atoms. The Morgan fingerprint density at radius 2 is 1.70 bits per heavy atom. The smallest absolute Gasteiger partial charge is 0.324 e. The van der Waals surface area contributed by atoms with Crippen molar-refractivity contribution in [1.29, 1.82) is 0 Å². The number of hydrogen-bond donors (Lipinski definition) is 1. The molecular formula is C13H23N5O2. The summed E-state index contributed by atoms with van der Waals surface area (Å²) in [6, 6.07) is 0.586. The van der Waals surface area contributed by atoms with Crippen LogP contribution in [-0.4, -0.2) is 55.4 Å². The quantitative estimate of drug-likeness (QED) is 0.823. The van der Waals surface area contributed by atoms with E-state index in [0.29, 0.717) is 18.0 Å². The first-order chi connectivity index (χ1) is 9.76. The van der Waals surface area contributed by atoms with Crippen LogP contribution in [0, 0.1) is 5.92 Å². The van der Waals surface area contributed by atoms with Gasteiger partial charge in [-0.05, 0) is 31.8 Å². The van der Waals surface area contributed by atoms with Gasteiger partial charge in [0, 0.05) is 13.1 Å². The number of anilines is 1. The Bertz CT molecular complexity index is 399. The van der Waals surface area contributed by atoms with Gasteiger partial charge in [0.2, 0.25) is 5.95 Å². The lowest BCUT2D eigenvalue weighted by Gasteiger charge is -2.32. The second kappa shape index (κ2) is 7.23. The second-order valence-electron chi connectivity index (χ2n) is 4.85. The van der Waals surface area contributed by atoms with E-state index in [2.05, 4.69) is 32.1 Å². The normalized spacial score (nSPS) is 16.2. The molecule has 1 aliphatic rings. The van der Waals surface area contributed by atoms with Gasteiger partial charge in [0.05, 0.1) is 14.2 Å². The van der Waals surface area contributed by atoms with E-state index in [1.54, 1.807) is 14.2 Å². The highest BCUT2D eigenvalue weighted by atomic mass is 16.5. The van der Waals surface area contributed by atoms with Crippen LogP contribution in [0.25, 0.3) is 0 Å². The summed E-state index contributed by atoms with van der Waals surface area (Å²) in [5.74, 6) is 1.37. The lowest BCUT2D eigenvalue weighted by atomic mass is 9.97. The molecule has 2 heterocycles. The minimum Gasteiger partial charge on any atom is -0.467 e. The molecule has 1 aromatic heterocycles. The third-order valence-electron chi connectivity index (χ3n) is 3.53. The van der Waals surface area contributed by atoms with Crippen LogP contribution in [-0.2, 0) is 0 Å². The number of hydrogen-bond acceptors (Lipinski definition) is 7. The maximum atomic E-state index is 5.08. The largest absolute Gasteiger partial charge is 0.467 e. The van der Waals surface area contributed by atoms with Crippen molar-refractivity contribution in [2.24, 2.45) is 5.92 Å². The average molecular weight is 281 g/mol. The molecule has 20 heavy (non-hydrogen) atoms. The van der Waals surface area contributed by atoms with E-state index in [-0.39, 0.29) is 0 Å².